The molecule has 0 radical (unpaired) electrons. The highest BCUT2D eigenvalue weighted by atomic mass is 35.5. The molecule has 0 aliphatic carbocycles. The van der Waals surface area contributed by atoms with Gasteiger partial charge >= 0.3 is 0 Å². The molecule has 1 N–H and O–H groups in total. The zero-order chi connectivity index (χ0) is 21.6. The Labute approximate surface area is 181 Å². The number of hydrogen-bond acceptors (Lipinski definition) is 2. The number of benzene rings is 2. The van der Waals surface area contributed by atoms with Gasteiger partial charge in [0.1, 0.15) is 11.9 Å². The van der Waals surface area contributed by atoms with E-state index in [1.807, 2.05) is 13.8 Å². The number of hydrogen-bond donors (Lipinski definition) is 1. The molecule has 0 spiro atoms. The van der Waals surface area contributed by atoms with Crippen molar-refractivity contribution in [2.45, 2.75) is 52.2 Å². The Hall–Kier alpha value is -2.11. The first-order valence-electron chi connectivity index (χ1n) is 9.50. The molecule has 0 aliphatic heterocycles. The molecule has 156 valence electrons. The van der Waals surface area contributed by atoms with Crippen LogP contribution >= 0.6 is 23.2 Å². The van der Waals surface area contributed by atoms with E-state index < -0.39 is 11.9 Å². The van der Waals surface area contributed by atoms with Gasteiger partial charge in [-0.1, -0.05) is 54.4 Å². The van der Waals surface area contributed by atoms with E-state index in [0.29, 0.717) is 21.2 Å². The standard InChI is InChI=1S/C22H25Cl2FN2O2/c1-4-14(2)26-22(29)15(3)27(13-17-7-5-6-8-20(17)25)21(28)11-16-9-10-18(23)12-19(16)24/h5-10,12,14-15H,4,11,13H2,1-3H3,(H,26,29)/t14-,15+/m1/s1. The minimum absolute atomic E-state index is 0.0220. The van der Waals surface area contributed by atoms with Gasteiger partial charge in [-0.25, -0.2) is 4.39 Å². The van der Waals surface area contributed by atoms with Crippen LogP contribution in [-0.4, -0.2) is 28.8 Å². The van der Waals surface area contributed by atoms with Crippen molar-refractivity contribution in [2.75, 3.05) is 0 Å². The number of halogens is 3. The lowest BCUT2D eigenvalue weighted by Crippen LogP contribution is -2.50. The molecule has 0 heterocycles. The maximum Gasteiger partial charge on any atom is 0.242 e. The number of carbonyl (C=O) groups excluding carboxylic acids is 2. The van der Waals surface area contributed by atoms with Gasteiger partial charge < -0.3 is 10.2 Å². The molecule has 7 heteroatoms. The normalized spacial score (nSPS) is 12.9. The van der Waals surface area contributed by atoms with E-state index in [9.17, 15) is 14.0 Å². The summed E-state index contributed by atoms with van der Waals surface area (Å²) >= 11 is 12.1. The molecule has 2 atom stereocenters. The Balaban J connectivity index is 2.28. The van der Waals surface area contributed by atoms with E-state index in [-0.39, 0.29) is 30.8 Å². The number of carbonyl (C=O) groups is 2. The van der Waals surface area contributed by atoms with Crippen LogP contribution in [0, 0.1) is 5.82 Å². The van der Waals surface area contributed by atoms with E-state index in [1.165, 1.54) is 11.0 Å². The van der Waals surface area contributed by atoms with Crippen molar-refractivity contribution >= 4 is 35.0 Å². The number of rotatable bonds is 8. The summed E-state index contributed by atoms with van der Waals surface area (Å²) in [7, 11) is 0. The van der Waals surface area contributed by atoms with E-state index in [1.54, 1.807) is 43.3 Å². The Kier molecular flexibility index (Phi) is 8.47. The Morgan fingerprint density at radius 3 is 2.41 bits per heavy atom. The highest BCUT2D eigenvalue weighted by molar-refractivity contribution is 6.35. The topological polar surface area (TPSA) is 49.4 Å². The lowest BCUT2D eigenvalue weighted by atomic mass is 10.1. The van der Waals surface area contributed by atoms with Crippen LogP contribution in [0.25, 0.3) is 0 Å². The van der Waals surface area contributed by atoms with Crippen LogP contribution in [0.4, 0.5) is 4.39 Å². The summed E-state index contributed by atoms with van der Waals surface area (Å²) in [5, 5.41) is 3.71. The predicted octanol–water partition coefficient (Wildman–Crippen LogP) is 5.01. The van der Waals surface area contributed by atoms with E-state index >= 15 is 0 Å². The number of nitrogens with zero attached hydrogens (tertiary/aromatic N) is 1. The molecular weight excluding hydrogens is 414 g/mol. The zero-order valence-electron chi connectivity index (χ0n) is 16.7. The van der Waals surface area contributed by atoms with Crippen molar-refractivity contribution in [3.8, 4) is 0 Å². The van der Waals surface area contributed by atoms with Gasteiger partial charge in [-0.05, 0) is 44.0 Å². The zero-order valence-corrected chi connectivity index (χ0v) is 18.2. The molecule has 0 unspecified atom stereocenters. The third-order valence-corrected chi connectivity index (χ3v) is 5.41. The maximum absolute atomic E-state index is 14.2. The number of nitrogens with one attached hydrogen (secondary N) is 1. The summed E-state index contributed by atoms with van der Waals surface area (Å²) in [6.45, 7) is 5.47. The van der Waals surface area contributed by atoms with E-state index in [0.717, 1.165) is 6.42 Å². The molecule has 0 aliphatic rings. The monoisotopic (exact) mass is 438 g/mol. The smallest absolute Gasteiger partial charge is 0.242 e. The fraction of sp³-hybridized carbons (Fsp3) is 0.364. The third kappa shape index (κ3) is 6.44. The Morgan fingerprint density at radius 2 is 1.79 bits per heavy atom. The SMILES string of the molecule is CC[C@@H](C)NC(=O)[C@H](C)N(Cc1ccccc1F)C(=O)Cc1ccc(Cl)cc1Cl. The van der Waals surface area contributed by atoms with Crippen molar-refractivity contribution in [1.29, 1.82) is 0 Å². The largest absolute Gasteiger partial charge is 0.352 e. The summed E-state index contributed by atoms with van der Waals surface area (Å²) in [5.41, 5.74) is 0.931. The summed E-state index contributed by atoms with van der Waals surface area (Å²) in [6.07, 6.45) is 0.742. The second-order valence-corrected chi connectivity index (χ2v) is 7.86. The molecule has 2 amide bonds. The van der Waals surface area contributed by atoms with Crippen molar-refractivity contribution < 1.29 is 14.0 Å². The summed E-state index contributed by atoms with van der Waals surface area (Å²) < 4.78 is 14.2. The Morgan fingerprint density at radius 1 is 1.10 bits per heavy atom. The van der Waals surface area contributed by atoms with Crippen LogP contribution in [0.2, 0.25) is 10.0 Å². The van der Waals surface area contributed by atoms with Crippen LogP contribution in [0.5, 0.6) is 0 Å². The van der Waals surface area contributed by atoms with Crippen molar-refractivity contribution in [1.82, 2.24) is 10.2 Å². The van der Waals surface area contributed by atoms with Crippen molar-refractivity contribution in [3.05, 3.63) is 69.5 Å². The lowest BCUT2D eigenvalue weighted by molar-refractivity contribution is -0.140. The molecule has 0 bridgehead atoms. The highest BCUT2D eigenvalue weighted by Crippen LogP contribution is 2.23. The molecular formula is C22H25Cl2FN2O2. The fourth-order valence-corrected chi connectivity index (χ4v) is 3.26. The Bertz CT molecular complexity index is 876. The van der Waals surface area contributed by atoms with Gasteiger partial charge in [0.25, 0.3) is 0 Å². The fourth-order valence-electron chi connectivity index (χ4n) is 2.79. The average Bonchev–Trinajstić information content (AvgIpc) is 2.68. The molecule has 2 aromatic rings. The van der Waals surface area contributed by atoms with Gasteiger partial charge in [0.15, 0.2) is 0 Å². The predicted molar refractivity (Wildman–Crippen MR) is 114 cm³/mol. The first kappa shape index (κ1) is 23.2. The third-order valence-electron chi connectivity index (χ3n) is 4.82. The molecule has 0 saturated carbocycles. The van der Waals surface area contributed by atoms with Gasteiger partial charge in [0, 0.05) is 28.2 Å². The molecule has 2 aromatic carbocycles. The van der Waals surface area contributed by atoms with Gasteiger partial charge in [0.05, 0.1) is 6.42 Å². The van der Waals surface area contributed by atoms with Crippen LogP contribution in [-0.2, 0) is 22.6 Å². The number of amides is 2. The molecule has 4 nitrogen and oxygen atoms in total. The van der Waals surface area contributed by atoms with E-state index in [2.05, 4.69) is 5.32 Å². The summed E-state index contributed by atoms with van der Waals surface area (Å²) in [6, 6.07) is 10.3. The first-order valence-corrected chi connectivity index (χ1v) is 10.3. The van der Waals surface area contributed by atoms with Crippen LogP contribution in [0.1, 0.15) is 38.3 Å². The van der Waals surface area contributed by atoms with Crippen LogP contribution in [0.15, 0.2) is 42.5 Å². The average molecular weight is 439 g/mol. The molecule has 0 saturated heterocycles. The van der Waals surface area contributed by atoms with Crippen molar-refractivity contribution in [3.63, 3.8) is 0 Å². The highest BCUT2D eigenvalue weighted by Gasteiger charge is 2.28. The van der Waals surface area contributed by atoms with Gasteiger partial charge in [-0.3, -0.25) is 9.59 Å². The lowest BCUT2D eigenvalue weighted by Gasteiger charge is -2.30. The van der Waals surface area contributed by atoms with Gasteiger partial charge in [0.2, 0.25) is 11.8 Å². The molecule has 0 fully saturated rings. The van der Waals surface area contributed by atoms with Gasteiger partial charge in [-0.2, -0.15) is 0 Å². The molecule has 2 rings (SSSR count). The second-order valence-electron chi connectivity index (χ2n) is 7.02. The first-order chi connectivity index (χ1) is 13.7. The van der Waals surface area contributed by atoms with Gasteiger partial charge in [-0.15, -0.1) is 0 Å². The summed E-state index contributed by atoms with van der Waals surface area (Å²) in [4.78, 5) is 27.1. The van der Waals surface area contributed by atoms with Crippen molar-refractivity contribution in [2.24, 2.45) is 0 Å². The minimum Gasteiger partial charge on any atom is -0.352 e. The summed E-state index contributed by atoms with van der Waals surface area (Å²) in [5.74, 6) is -1.04. The molecule has 0 aromatic heterocycles. The second kappa shape index (κ2) is 10.6. The minimum atomic E-state index is -0.776. The quantitative estimate of drug-likeness (QED) is 0.629. The van der Waals surface area contributed by atoms with Crippen LogP contribution < -0.4 is 5.32 Å². The van der Waals surface area contributed by atoms with Crippen LogP contribution in [0.3, 0.4) is 0 Å². The molecule has 29 heavy (non-hydrogen) atoms. The van der Waals surface area contributed by atoms with E-state index in [4.69, 9.17) is 23.2 Å². The maximum atomic E-state index is 14.2.